The molecule has 0 aromatic heterocycles. The van der Waals surface area contributed by atoms with Crippen molar-refractivity contribution in [1.82, 2.24) is 0 Å². The number of guanidine groups is 1. The van der Waals surface area contributed by atoms with Crippen LogP contribution >= 0.6 is 24.0 Å². The summed E-state index contributed by atoms with van der Waals surface area (Å²) < 4.78 is 5.57. The van der Waals surface area contributed by atoms with E-state index in [1.807, 2.05) is 42.5 Å². The smallest absolute Gasteiger partial charge is 0.193 e. The van der Waals surface area contributed by atoms with Crippen LogP contribution in [0.15, 0.2) is 53.5 Å². The SMILES string of the molecule is Cc1cc(C)cc(NC(N)=NCCOCc2ccccc2)c1.I. The first-order valence-electron chi connectivity index (χ1n) is 7.40. The molecule has 0 heterocycles. The molecule has 2 aromatic rings. The van der Waals surface area contributed by atoms with E-state index >= 15 is 0 Å². The summed E-state index contributed by atoms with van der Waals surface area (Å²) in [6.07, 6.45) is 0. The van der Waals surface area contributed by atoms with Gasteiger partial charge in [0.25, 0.3) is 0 Å². The van der Waals surface area contributed by atoms with Crippen LogP contribution in [0.4, 0.5) is 5.69 Å². The van der Waals surface area contributed by atoms with Crippen LogP contribution in [-0.4, -0.2) is 19.1 Å². The van der Waals surface area contributed by atoms with Gasteiger partial charge in [0.15, 0.2) is 5.96 Å². The van der Waals surface area contributed by atoms with Crippen molar-refractivity contribution in [3.8, 4) is 0 Å². The Morgan fingerprint density at radius 3 is 2.39 bits per heavy atom. The van der Waals surface area contributed by atoms with Crippen molar-refractivity contribution in [2.24, 2.45) is 10.7 Å². The summed E-state index contributed by atoms with van der Waals surface area (Å²) in [5, 5.41) is 3.10. The highest BCUT2D eigenvalue weighted by Gasteiger charge is 1.98. The van der Waals surface area contributed by atoms with Gasteiger partial charge in [0.1, 0.15) is 0 Å². The third kappa shape index (κ3) is 7.47. The molecule has 23 heavy (non-hydrogen) atoms. The molecule has 0 aliphatic heterocycles. The average Bonchev–Trinajstić information content (AvgIpc) is 2.47. The highest BCUT2D eigenvalue weighted by molar-refractivity contribution is 14.0. The third-order valence-corrected chi connectivity index (χ3v) is 3.12. The maximum atomic E-state index is 5.88. The molecule has 0 atom stereocenters. The number of aliphatic imine (C=N–C) groups is 1. The Labute approximate surface area is 155 Å². The zero-order chi connectivity index (χ0) is 15.8. The summed E-state index contributed by atoms with van der Waals surface area (Å²) in [5.41, 5.74) is 10.4. The molecule has 0 aliphatic carbocycles. The molecule has 0 amide bonds. The quantitative estimate of drug-likeness (QED) is 0.320. The molecular weight excluding hydrogens is 401 g/mol. The fourth-order valence-electron chi connectivity index (χ4n) is 2.23. The maximum absolute atomic E-state index is 5.88. The van der Waals surface area contributed by atoms with Gasteiger partial charge in [-0.1, -0.05) is 36.4 Å². The van der Waals surface area contributed by atoms with Crippen molar-refractivity contribution in [2.45, 2.75) is 20.5 Å². The molecule has 0 aliphatic rings. The Morgan fingerprint density at radius 1 is 1.09 bits per heavy atom. The first-order chi connectivity index (χ1) is 10.6. The van der Waals surface area contributed by atoms with Crippen molar-refractivity contribution in [3.63, 3.8) is 0 Å². The van der Waals surface area contributed by atoms with Gasteiger partial charge in [-0.2, -0.15) is 0 Å². The second-order valence-electron chi connectivity index (χ2n) is 5.31. The summed E-state index contributed by atoms with van der Waals surface area (Å²) in [4.78, 5) is 4.27. The van der Waals surface area contributed by atoms with E-state index < -0.39 is 0 Å². The van der Waals surface area contributed by atoms with E-state index in [1.54, 1.807) is 0 Å². The average molecular weight is 425 g/mol. The molecule has 2 aromatic carbocycles. The lowest BCUT2D eigenvalue weighted by Gasteiger charge is -2.08. The lowest BCUT2D eigenvalue weighted by atomic mass is 10.1. The highest BCUT2D eigenvalue weighted by Crippen LogP contribution is 2.13. The van der Waals surface area contributed by atoms with Gasteiger partial charge in [-0.05, 0) is 42.7 Å². The van der Waals surface area contributed by atoms with E-state index in [9.17, 15) is 0 Å². The molecule has 124 valence electrons. The van der Waals surface area contributed by atoms with Gasteiger partial charge in [-0.15, -0.1) is 24.0 Å². The molecular formula is C18H24IN3O. The molecule has 5 heteroatoms. The largest absolute Gasteiger partial charge is 0.375 e. The molecule has 3 N–H and O–H groups in total. The Kier molecular flexibility index (Phi) is 8.65. The van der Waals surface area contributed by atoms with Crippen molar-refractivity contribution in [3.05, 3.63) is 65.2 Å². The number of nitrogens with two attached hydrogens (primary N) is 1. The van der Waals surface area contributed by atoms with Gasteiger partial charge in [-0.25, -0.2) is 0 Å². The van der Waals surface area contributed by atoms with Gasteiger partial charge < -0.3 is 15.8 Å². The van der Waals surface area contributed by atoms with E-state index in [2.05, 4.69) is 30.2 Å². The molecule has 0 fully saturated rings. The van der Waals surface area contributed by atoms with Gasteiger partial charge >= 0.3 is 0 Å². The Bertz CT molecular complexity index is 609. The Morgan fingerprint density at radius 2 is 1.74 bits per heavy atom. The lowest BCUT2D eigenvalue weighted by molar-refractivity contribution is 0.128. The highest BCUT2D eigenvalue weighted by atomic mass is 127. The standard InChI is InChI=1S/C18H23N3O.HI/c1-14-10-15(2)12-17(11-14)21-18(19)20-8-9-22-13-16-6-4-3-5-7-16;/h3-7,10-12H,8-9,13H2,1-2H3,(H3,19,20,21);1H. The van der Waals surface area contributed by atoms with Crippen LogP contribution < -0.4 is 11.1 Å². The molecule has 4 nitrogen and oxygen atoms in total. The zero-order valence-corrected chi connectivity index (χ0v) is 15.9. The van der Waals surface area contributed by atoms with Gasteiger partial charge in [0.05, 0.1) is 19.8 Å². The fourth-order valence-corrected chi connectivity index (χ4v) is 2.23. The summed E-state index contributed by atoms with van der Waals surface area (Å²) in [5.74, 6) is 0.410. The van der Waals surface area contributed by atoms with Crippen molar-refractivity contribution in [2.75, 3.05) is 18.5 Å². The molecule has 0 bridgehead atoms. The normalized spacial score (nSPS) is 11.0. The maximum Gasteiger partial charge on any atom is 0.193 e. The Hall–Kier alpha value is -1.60. The first kappa shape index (κ1) is 19.4. The summed E-state index contributed by atoms with van der Waals surface area (Å²) >= 11 is 0. The van der Waals surface area contributed by atoms with Crippen molar-refractivity contribution in [1.29, 1.82) is 0 Å². The van der Waals surface area contributed by atoms with Gasteiger partial charge in [-0.3, -0.25) is 4.99 Å². The fraction of sp³-hybridized carbons (Fsp3) is 0.278. The topological polar surface area (TPSA) is 59.6 Å². The van der Waals surface area contributed by atoms with E-state index in [1.165, 1.54) is 11.1 Å². The second-order valence-corrected chi connectivity index (χ2v) is 5.31. The summed E-state index contributed by atoms with van der Waals surface area (Å²) in [6.45, 7) is 5.80. The zero-order valence-electron chi connectivity index (χ0n) is 13.6. The van der Waals surface area contributed by atoms with Crippen LogP contribution in [0.25, 0.3) is 0 Å². The van der Waals surface area contributed by atoms with Gasteiger partial charge in [0.2, 0.25) is 0 Å². The van der Waals surface area contributed by atoms with Gasteiger partial charge in [0, 0.05) is 5.69 Å². The van der Waals surface area contributed by atoms with E-state index in [4.69, 9.17) is 10.5 Å². The van der Waals surface area contributed by atoms with Crippen molar-refractivity contribution >= 4 is 35.6 Å². The molecule has 0 saturated carbocycles. The number of hydrogen-bond acceptors (Lipinski definition) is 2. The first-order valence-corrected chi connectivity index (χ1v) is 7.40. The van der Waals surface area contributed by atoms with E-state index in [-0.39, 0.29) is 24.0 Å². The predicted molar refractivity (Wildman–Crippen MR) is 108 cm³/mol. The number of rotatable bonds is 6. The number of anilines is 1. The number of hydrogen-bond donors (Lipinski definition) is 2. The minimum atomic E-state index is 0. The predicted octanol–water partition coefficient (Wildman–Crippen LogP) is 3.86. The lowest BCUT2D eigenvalue weighted by Crippen LogP contribution is -2.23. The van der Waals surface area contributed by atoms with Crippen LogP contribution in [0.2, 0.25) is 0 Å². The van der Waals surface area contributed by atoms with Crippen LogP contribution in [-0.2, 0) is 11.3 Å². The monoisotopic (exact) mass is 425 g/mol. The third-order valence-electron chi connectivity index (χ3n) is 3.12. The summed E-state index contributed by atoms with van der Waals surface area (Å²) in [7, 11) is 0. The second kappa shape index (κ2) is 10.2. The van der Waals surface area contributed by atoms with Crippen LogP contribution in [0.1, 0.15) is 16.7 Å². The van der Waals surface area contributed by atoms with Crippen LogP contribution in [0.3, 0.4) is 0 Å². The summed E-state index contributed by atoms with van der Waals surface area (Å²) in [6, 6.07) is 16.3. The molecule has 0 radical (unpaired) electrons. The minimum absolute atomic E-state index is 0. The van der Waals surface area contributed by atoms with Crippen LogP contribution in [0, 0.1) is 13.8 Å². The number of nitrogens with one attached hydrogen (secondary N) is 1. The molecule has 0 spiro atoms. The minimum Gasteiger partial charge on any atom is -0.375 e. The molecule has 0 saturated heterocycles. The molecule has 0 unspecified atom stereocenters. The number of ether oxygens (including phenoxy) is 1. The number of benzene rings is 2. The molecule has 2 rings (SSSR count). The number of nitrogens with zero attached hydrogens (tertiary/aromatic N) is 1. The number of aryl methyl sites for hydroxylation is 2. The number of halogens is 1. The Balaban J connectivity index is 0.00000264. The van der Waals surface area contributed by atoms with Crippen molar-refractivity contribution < 1.29 is 4.74 Å². The van der Waals surface area contributed by atoms with E-state index in [0.717, 1.165) is 11.3 Å². The van der Waals surface area contributed by atoms with E-state index in [0.29, 0.717) is 25.7 Å². The van der Waals surface area contributed by atoms with Crippen LogP contribution in [0.5, 0.6) is 0 Å².